The van der Waals surface area contributed by atoms with Crippen molar-refractivity contribution in [1.29, 1.82) is 0 Å². The molecule has 1 nitrogen and oxygen atoms in total. The molecule has 17 heavy (non-hydrogen) atoms. The van der Waals surface area contributed by atoms with E-state index in [1.165, 1.54) is 0 Å². The van der Waals surface area contributed by atoms with Crippen molar-refractivity contribution in [3.63, 3.8) is 0 Å². The minimum Gasteiger partial charge on any atom is -0.396 e. The summed E-state index contributed by atoms with van der Waals surface area (Å²) in [6.45, 7) is 4.25. The SMILES string of the molecule is Cc1ccc(F)c(C2(C)CCCCC2CO)c1. The van der Waals surface area contributed by atoms with Gasteiger partial charge in [-0.25, -0.2) is 4.39 Å². The van der Waals surface area contributed by atoms with Crippen LogP contribution in [-0.2, 0) is 5.41 Å². The van der Waals surface area contributed by atoms with Crippen LogP contribution < -0.4 is 0 Å². The maximum atomic E-state index is 14.0. The van der Waals surface area contributed by atoms with Crippen molar-refractivity contribution >= 4 is 0 Å². The van der Waals surface area contributed by atoms with E-state index < -0.39 is 0 Å². The second kappa shape index (κ2) is 4.77. The van der Waals surface area contributed by atoms with Crippen molar-refractivity contribution in [3.8, 4) is 0 Å². The molecular weight excluding hydrogens is 215 g/mol. The summed E-state index contributed by atoms with van der Waals surface area (Å²) >= 11 is 0. The minimum absolute atomic E-state index is 0.126. The van der Waals surface area contributed by atoms with Crippen LogP contribution in [0.5, 0.6) is 0 Å². The molecule has 1 N–H and O–H groups in total. The minimum atomic E-state index is -0.205. The van der Waals surface area contributed by atoms with Crippen LogP contribution in [0.25, 0.3) is 0 Å². The van der Waals surface area contributed by atoms with E-state index >= 15 is 0 Å². The molecule has 0 radical (unpaired) electrons. The molecule has 2 unspecified atom stereocenters. The van der Waals surface area contributed by atoms with Gasteiger partial charge in [-0.1, -0.05) is 37.5 Å². The first-order valence-electron chi connectivity index (χ1n) is 6.45. The summed E-state index contributed by atoms with van der Waals surface area (Å²) in [6.07, 6.45) is 4.24. The molecule has 0 aromatic heterocycles. The monoisotopic (exact) mass is 236 g/mol. The van der Waals surface area contributed by atoms with Crippen molar-refractivity contribution in [2.75, 3.05) is 6.61 Å². The maximum Gasteiger partial charge on any atom is 0.126 e. The summed E-state index contributed by atoms with van der Waals surface area (Å²) in [6, 6.07) is 5.31. The van der Waals surface area contributed by atoms with Gasteiger partial charge in [0, 0.05) is 12.0 Å². The Kier molecular flexibility index (Phi) is 3.53. The molecule has 2 atom stereocenters. The van der Waals surface area contributed by atoms with E-state index in [-0.39, 0.29) is 23.8 Å². The zero-order valence-electron chi connectivity index (χ0n) is 10.7. The number of aliphatic hydroxyl groups excluding tert-OH is 1. The van der Waals surface area contributed by atoms with Crippen LogP contribution in [0.1, 0.15) is 43.7 Å². The molecule has 1 aromatic carbocycles. The first-order valence-corrected chi connectivity index (χ1v) is 6.45. The molecule has 2 heteroatoms. The van der Waals surface area contributed by atoms with Crippen LogP contribution in [0.15, 0.2) is 18.2 Å². The lowest BCUT2D eigenvalue weighted by Crippen LogP contribution is -2.38. The molecule has 94 valence electrons. The van der Waals surface area contributed by atoms with E-state index in [0.717, 1.165) is 36.8 Å². The predicted molar refractivity (Wildman–Crippen MR) is 67.5 cm³/mol. The van der Waals surface area contributed by atoms with Crippen LogP contribution in [0.3, 0.4) is 0 Å². The average molecular weight is 236 g/mol. The molecule has 1 aliphatic rings. The second-order valence-electron chi connectivity index (χ2n) is 5.53. The lowest BCUT2D eigenvalue weighted by Gasteiger charge is -2.41. The molecule has 0 bridgehead atoms. The van der Waals surface area contributed by atoms with E-state index in [2.05, 4.69) is 6.92 Å². The van der Waals surface area contributed by atoms with Gasteiger partial charge < -0.3 is 5.11 Å². The smallest absolute Gasteiger partial charge is 0.126 e. The fourth-order valence-electron chi connectivity index (χ4n) is 3.13. The summed E-state index contributed by atoms with van der Waals surface area (Å²) < 4.78 is 14.0. The Balaban J connectivity index is 2.44. The topological polar surface area (TPSA) is 20.2 Å². The molecule has 2 rings (SSSR count). The fraction of sp³-hybridized carbons (Fsp3) is 0.600. The number of halogens is 1. The van der Waals surface area contributed by atoms with Crippen LogP contribution >= 0.6 is 0 Å². The number of rotatable bonds is 2. The third kappa shape index (κ3) is 2.23. The Morgan fingerprint density at radius 3 is 2.88 bits per heavy atom. The van der Waals surface area contributed by atoms with Crippen molar-refractivity contribution in [1.82, 2.24) is 0 Å². The van der Waals surface area contributed by atoms with Crippen molar-refractivity contribution in [3.05, 3.63) is 35.1 Å². The Morgan fingerprint density at radius 1 is 1.41 bits per heavy atom. The number of hydrogen-bond donors (Lipinski definition) is 1. The highest BCUT2D eigenvalue weighted by Crippen LogP contribution is 2.44. The average Bonchev–Trinajstić information content (AvgIpc) is 2.33. The van der Waals surface area contributed by atoms with Gasteiger partial charge >= 0.3 is 0 Å². The maximum absolute atomic E-state index is 14.0. The summed E-state index contributed by atoms with van der Waals surface area (Å²) in [5.41, 5.74) is 1.67. The molecule has 1 aliphatic carbocycles. The Bertz CT molecular complexity index is 402. The van der Waals surface area contributed by atoms with Crippen LogP contribution in [0.2, 0.25) is 0 Å². The van der Waals surface area contributed by atoms with Crippen molar-refractivity contribution in [2.24, 2.45) is 5.92 Å². The van der Waals surface area contributed by atoms with Gasteiger partial charge in [-0.15, -0.1) is 0 Å². The summed E-state index contributed by atoms with van der Waals surface area (Å²) in [4.78, 5) is 0. The van der Waals surface area contributed by atoms with Crippen molar-refractivity contribution < 1.29 is 9.50 Å². The highest BCUT2D eigenvalue weighted by atomic mass is 19.1. The molecule has 0 amide bonds. The third-order valence-electron chi connectivity index (χ3n) is 4.36. The Morgan fingerprint density at radius 2 is 2.18 bits per heavy atom. The first-order chi connectivity index (χ1) is 8.08. The van der Waals surface area contributed by atoms with Gasteiger partial charge in [0.15, 0.2) is 0 Å². The number of hydrogen-bond acceptors (Lipinski definition) is 1. The molecule has 0 spiro atoms. The van der Waals surface area contributed by atoms with Crippen LogP contribution in [0, 0.1) is 18.7 Å². The van der Waals surface area contributed by atoms with E-state index in [9.17, 15) is 9.50 Å². The van der Waals surface area contributed by atoms with Gasteiger partial charge in [0.2, 0.25) is 0 Å². The highest BCUT2D eigenvalue weighted by Gasteiger charge is 2.39. The van der Waals surface area contributed by atoms with Gasteiger partial charge in [0.05, 0.1) is 0 Å². The zero-order valence-corrected chi connectivity index (χ0v) is 10.7. The van der Waals surface area contributed by atoms with Gasteiger partial charge in [0.25, 0.3) is 0 Å². The number of aryl methyl sites for hydroxylation is 1. The van der Waals surface area contributed by atoms with E-state index in [1.54, 1.807) is 12.1 Å². The molecule has 0 aliphatic heterocycles. The normalized spacial score (nSPS) is 29.3. The van der Waals surface area contributed by atoms with Gasteiger partial charge in [-0.05, 0) is 37.3 Å². The zero-order chi connectivity index (χ0) is 12.5. The first kappa shape index (κ1) is 12.6. The summed E-state index contributed by atoms with van der Waals surface area (Å²) in [5.74, 6) is 0.0611. The molecule has 1 saturated carbocycles. The largest absolute Gasteiger partial charge is 0.396 e. The molecule has 0 saturated heterocycles. The predicted octanol–water partition coefficient (Wildman–Crippen LogP) is 3.57. The van der Waals surface area contributed by atoms with E-state index in [4.69, 9.17) is 0 Å². The summed E-state index contributed by atoms with van der Waals surface area (Å²) in [7, 11) is 0. The van der Waals surface area contributed by atoms with Gasteiger partial charge in [-0.3, -0.25) is 0 Å². The van der Waals surface area contributed by atoms with Gasteiger partial charge in [0.1, 0.15) is 5.82 Å². The van der Waals surface area contributed by atoms with Crippen molar-refractivity contribution in [2.45, 2.75) is 44.9 Å². The Hall–Kier alpha value is -0.890. The fourth-order valence-corrected chi connectivity index (χ4v) is 3.13. The molecule has 0 heterocycles. The molecular formula is C15H21FO. The van der Waals surface area contributed by atoms with E-state index in [0.29, 0.717) is 0 Å². The van der Waals surface area contributed by atoms with E-state index in [1.807, 2.05) is 13.0 Å². The quantitative estimate of drug-likeness (QED) is 0.832. The summed E-state index contributed by atoms with van der Waals surface area (Å²) in [5, 5.41) is 9.53. The second-order valence-corrected chi connectivity index (χ2v) is 5.53. The molecule has 1 aromatic rings. The molecule has 1 fully saturated rings. The van der Waals surface area contributed by atoms with Gasteiger partial charge in [-0.2, -0.15) is 0 Å². The van der Waals surface area contributed by atoms with Crippen LogP contribution in [0.4, 0.5) is 4.39 Å². The highest BCUT2D eigenvalue weighted by molar-refractivity contribution is 5.32. The number of benzene rings is 1. The van der Waals surface area contributed by atoms with Crippen LogP contribution in [-0.4, -0.2) is 11.7 Å². The number of aliphatic hydroxyl groups is 1. The lowest BCUT2D eigenvalue weighted by molar-refractivity contribution is 0.113. The Labute approximate surface area is 103 Å². The lowest BCUT2D eigenvalue weighted by atomic mass is 9.64. The standard InChI is InChI=1S/C15H21FO/c1-11-6-7-14(16)13(9-11)15(2)8-4-3-5-12(15)10-17/h6-7,9,12,17H,3-5,8,10H2,1-2H3. The third-order valence-corrected chi connectivity index (χ3v) is 4.36.